The fraction of sp³-hybridized carbons (Fsp3) is 0.389. The number of nitrogens with zero attached hydrogens (tertiary/aromatic N) is 3. The van der Waals surface area contributed by atoms with Crippen LogP contribution >= 0.6 is 0 Å². The Bertz CT molecular complexity index is 727. The highest BCUT2D eigenvalue weighted by molar-refractivity contribution is 5.94. The van der Waals surface area contributed by atoms with Crippen LogP contribution in [-0.4, -0.2) is 41.2 Å². The molecule has 2 aromatic rings. The van der Waals surface area contributed by atoms with Crippen LogP contribution < -0.4 is 9.47 Å². The molecule has 25 heavy (non-hydrogen) atoms. The van der Waals surface area contributed by atoms with E-state index in [0.29, 0.717) is 48.4 Å². The van der Waals surface area contributed by atoms with Crippen LogP contribution in [0.4, 0.5) is 0 Å². The molecule has 0 aliphatic rings. The van der Waals surface area contributed by atoms with Gasteiger partial charge >= 0.3 is 0 Å². The maximum atomic E-state index is 12.6. The molecule has 1 heterocycles. The maximum Gasteiger partial charge on any atom is 0.254 e. The molecule has 0 atom stereocenters. The third-order valence-corrected chi connectivity index (χ3v) is 3.39. The Balaban J connectivity index is 2.13. The van der Waals surface area contributed by atoms with Crippen molar-refractivity contribution in [2.45, 2.75) is 26.8 Å². The summed E-state index contributed by atoms with van der Waals surface area (Å²) in [5.41, 5.74) is 0.496. The lowest BCUT2D eigenvalue weighted by atomic mass is 10.1. The van der Waals surface area contributed by atoms with Crippen LogP contribution in [0.2, 0.25) is 0 Å². The molecule has 0 saturated heterocycles. The van der Waals surface area contributed by atoms with Gasteiger partial charge in [0.1, 0.15) is 6.61 Å². The number of ether oxygens (including phenoxy) is 2. The molecule has 0 aliphatic heterocycles. The van der Waals surface area contributed by atoms with Crippen LogP contribution in [0.25, 0.3) is 0 Å². The third-order valence-electron chi connectivity index (χ3n) is 3.39. The summed E-state index contributed by atoms with van der Waals surface area (Å²) in [6.07, 6.45) is 2.31. The molecule has 0 N–H and O–H groups in total. The Kier molecular flexibility index (Phi) is 6.56. The number of aromatic nitrogens is 2. The molecule has 134 valence electrons. The summed E-state index contributed by atoms with van der Waals surface area (Å²) < 4.78 is 16.2. The van der Waals surface area contributed by atoms with Crippen LogP contribution in [-0.2, 0) is 13.0 Å². The summed E-state index contributed by atoms with van der Waals surface area (Å²) in [7, 11) is 1.69. The van der Waals surface area contributed by atoms with Crippen molar-refractivity contribution in [3.05, 3.63) is 48.1 Å². The molecule has 0 unspecified atom stereocenters. The van der Waals surface area contributed by atoms with Gasteiger partial charge in [-0.25, -0.2) is 0 Å². The minimum Gasteiger partial charge on any atom is -0.490 e. The van der Waals surface area contributed by atoms with Crippen molar-refractivity contribution in [3.63, 3.8) is 0 Å². The summed E-state index contributed by atoms with van der Waals surface area (Å²) in [6, 6.07) is 5.10. The van der Waals surface area contributed by atoms with Crippen molar-refractivity contribution in [1.82, 2.24) is 15.0 Å². The number of carbonyl (C=O) groups excluding carboxylic acids is 1. The highest BCUT2D eigenvalue weighted by Gasteiger charge is 2.17. The van der Waals surface area contributed by atoms with Gasteiger partial charge in [-0.1, -0.05) is 24.7 Å². The Hall–Kier alpha value is -2.83. The maximum absolute atomic E-state index is 12.6. The number of rotatable bonds is 9. The van der Waals surface area contributed by atoms with E-state index in [-0.39, 0.29) is 12.5 Å². The van der Waals surface area contributed by atoms with E-state index in [1.54, 1.807) is 31.3 Å². The zero-order valence-electron chi connectivity index (χ0n) is 14.8. The molecule has 7 heteroatoms. The smallest absolute Gasteiger partial charge is 0.254 e. The van der Waals surface area contributed by atoms with Gasteiger partial charge in [0.2, 0.25) is 5.89 Å². The standard InChI is InChI=1S/C18H23N3O4/c1-5-10-24-14-9-8-13(11-15(14)23-7-3)18(22)21(4)12-16-19-17(6-2)25-20-16/h5,8-9,11H,1,6-7,10,12H2,2-4H3. The van der Waals surface area contributed by atoms with E-state index >= 15 is 0 Å². The van der Waals surface area contributed by atoms with Gasteiger partial charge in [0, 0.05) is 19.0 Å². The fourth-order valence-electron chi connectivity index (χ4n) is 2.18. The number of aryl methyl sites for hydroxylation is 1. The first-order valence-electron chi connectivity index (χ1n) is 8.16. The summed E-state index contributed by atoms with van der Waals surface area (Å²) in [6.45, 7) is 8.53. The van der Waals surface area contributed by atoms with Gasteiger partial charge in [0.25, 0.3) is 5.91 Å². The van der Waals surface area contributed by atoms with E-state index in [1.807, 2.05) is 13.8 Å². The SMILES string of the molecule is C=CCOc1ccc(C(=O)N(C)Cc2noc(CC)n2)cc1OCC. The van der Waals surface area contributed by atoms with Gasteiger partial charge in [-0.15, -0.1) is 0 Å². The lowest BCUT2D eigenvalue weighted by molar-refractivity contribution is 0.0780. The van der Waals surface area contributed by atoms with E-state index in [4.69, 9.17) is 14.0 Å². The van der Waals surface area contributed by atoms with E-state index in [9.17, 15) is 4.79 Å². The molecule has 0 fully saturated rings. The molecule has 0 spiro atoms. The lowest BCUT2D eigenvalue weighted by Crippen LogP contribution is -2.26. The average molecular weight is 345 g/mol. The lowest BCUT2D eigenvalue weighted by Gasteiger charge is -2.17. The van der Waals surface area contributed by atoms with Gasteiger partial charge in [-0.2, -0.15) is 4.98 Å². The van der Waals surface area contributed by atoms with Gasteiger partial charge in [-0.3, -0.25) is 4.79 Å². The second-order valence-corrected chi connectivity index (χ2v) is 5.31. The van der Waals surface area contributed by atoms with Gasteiger partial charge in [0.05, 0.1) is 13.2 Å². The Morgan fingerprint density at radius 1 is 1.32 bits per heavy atom. The molecular weight excluding hydrogens is 322 g/mol. The van der Waals surface area contributed by atoms with Crippen LogP contribution in [0.1, 0.15) is 35.9 Å². The van der Waals surface area contributed by atoms with Gasteiger partial charge in [0.15, 0.2) is 17.3 Å². The third kappa shape index (κ3) is 4.82. The van der Waals surface area contributed by atoms with Gasteiger partial charge in [-0.05, 0) is 25.1 Å². The highest BCUT2D eigenvalue weighted by Crippen LogP contribution is 2.29. The zero-order chi connectivity index (χ0) is 18.2. The van der Waals surface area contributed by atoms with Crippen molar-refractivity contribution in [1.29, 1.82) is 0 Å². The molecule has 0 bridgehead atoms. The summed E-state index contributed by atoms with van der Waals surface area (Å²) >= 11 is 0. The molecule has 0 radical (unpaired) electrons. The first-order valence-corrected chi connectivity index (χ1v) is 8.16. The molecule has 0 saturated carbocycles. The predicted molar refractivity (Wildman–Crippen MR) is 92.8 cm³/mol. The predicted octanol–water partition coefficient (Wildman–Crippen LogP) is 2.87. The Morgan fingerprint density at radius 2 is 2.12 bits per heavy atom. The van der Waals surface area contributed by atoms with Crippen LogP contribution in [0.5, 0.6) is 11.5 Å². The van der Waals surface area contributed by atoms with Crippen molar-refractivity contribution in [2.24, 2.45) is 0 Å². The normalized spacial score (nSPS) is 10.4. The van der Waals surface area contributed by atoms with E-state index in [1.165, 1.54) is 4.90 Å². The Morgan fingerprint density at radius 3 is 2.76 bits per heavy atom. The molecule has 1 amide bonds. The molecule has 7 nitrogen and oxygen atoms in total. The van der Waals surface area contributed by atoms with Crippen LogP contribution in [0, 0.1) is 0 Å². The minimum atomic E-state index is -0.168. The summed E-state index contributed by atoms with van der Waals surface area (Å²) in [5.74, 6) is 1.96. The Labute approximate surface area is 147 Å². The first kappa shape index (κ1) is 18.5. The van der Waals surface area contributed by atoms with Crippen LogP contribution in [0.15, 0.2) is 35.4 Å². The van der Waals surface area contributed by atoms with Crippen molar-refractivity contribution in [3.8, 4) is 11.5 Å². The molecule has 1 aromatic heterocycles. The first-order chi connectivity index (χ1) is 12.1. The summed E-state index contributed by atoms with van der Waals surface area (Å²) in [5, 5.41) is 3.86. The highest BCUT2D eigenvalue weighted by atomic mass is 16.5. The number of benzene rings is 1. The number of hydrogen-bond acceptors (Lipinski definition) is 6. The minimum absolute atomic E-state index is 0.168. The number of carbonyl (C=O) groups is 1. The quantitative estimate of drug-likeness (QED) is 0.650. The second kappa shape index (κ2) is 8.86. The van der Waals surface area contributed by atoms with Crippen molar-refractivity contribution >= 4 is 5.91 Å². The molecule has 2 rings (SSSR count). The van der Waals surface area contributed by atoms with E-state index < -0.39 is 0 Å². The molecular formula is C18H23N3O4. The van der Waals surface area contributed by atoms with Crippen molar-refractivity contribution in [2.75, 3.05) is 20.3 Å². The van der Waals surface area contributed by atoms with Gasteiger partial charge < -0.3 is 18.9 Å². The molecule has 1 aromatic carbocycles. The van der Waals surface area contributed by atoms with E-state index in [2.05, 4.69) is 16.7 Å². The topological polar surface area (TPSA) is 77.7 Å². The largest absolute Gasteiger partial charge is 0.490 e. The second-order valence-electron chi connectivity index (χ2n) is 5.31. The average Bonchev–Trinajstić information content (AvgIpc) is 3.07. The number of hydrogen-bond donors (Lipinski definition) is 0. The molecule has 0 aliphatic carbocycles. The van der Waals surface area contributed by atoms with E-state index in [0.717, 1.165) is 0 Å². The van der Waals surface area contributed by atoms with Crippen molar-refractivity contribution < 1.29 is 18.8 Å². The monoisotopic (exact) mass is 345 g/mol. The van der Waals surface area contributed by atoms with Crippen LogP contribution in [0.3, 0.4) is 0 Å². The number of amides is 1. The summed E-state index contributed by atoms with van der Waals surface area (Å²) in [4.78, 5) is 18.4. The fourth-order valence-corrected chi connectivity index (χ4v) is 2.18. The zero-order valence-corrected chi connectivity index (χ0v) is 14.8.